The van der Waals surface area contributed by atoms with Crippen molar-refractivity contribution in [3.05, 3.63) is 75.8 Å². The van der Waals surface area contributed by atoms with E-state index in [1.807, 2.05) is 44.2 Å². The van der Waals surface area contributed by atoms with Crippen molar-refractivity contribution in [1.82, 2.24) is 0 Å². The van der Waals surface area contributed by atoms with Gasteiger partial charge in [0.15, 0.2) is 26.4 Å². The Labute approximate surface area is 174 Å². The van der Waals surface area contributed by atoms with Crippen LogP contribution in [0.1, 0.15) is 36.3 Å². The van der Waals surface area contributed by atoms with Crippen LogP contribution in [-0.4, -0.2) is 14.7 Å². The highest BCUT2D eigenvalue weighted by Gasteiger charge is 2.24. The van der Waals surface area contributed by atoms with E-state index < -0.39 is 9.84 Å². The maximum Gasteiger partial charge on any atom is 0.206 e. The summed E-state index contributed by atoms with van der Waals surface area (Å²) in [6, 6.07) is 12.7. The second-order valence-electron chi connectivity index (χ2n) is 7.39. The van der Waals surface area contributed by atoms with Gasteiger partial charge in [0.1, 0.15) is 17.6 Å². The molecule has 0 fully saturated rings. The zero-order valence-electron chi connectivity index (χ0n) is 17.0. The zero-order chi connectivity index (χ0) is 21.5. The maximum absolute atomic E-state index is 12.9. The molecule has 0 saturated heterocycles. The van der Waals surface area contributed by atoms with Gasteiger partial charge in [-0.05, 0) is 30.5 Å². The molecular formula is C23H22O6S. The summed E-state index contributed by atoms with van der Waals surface area (Å²) in [6.07, 6.45) is 3.01. The molecule has 6 nitrogen and oxygen atoms in total. The van der Waals surface area contributed by atoms with E-state index in [4.69, 9.17) is 13.6 Å². The molecule has 1 unspecified atom stereocenters. The van der Waals surface area contributed by atoms with Crippen molar-refractivity contribution >= 4 is 31.8 Å². The summed E-state index contributed by atoms with van der Waals surface area (Å²) in [4.78, 5) is 12.9. The molecule has 0 amide bonds. The topological polar surface area (TPSA) is 86.7 Å². The summed E-state index contributed by atoms with van der Waals surface area (Å²) in [7, 11) is -3.38. The van der Waals surface area contributed by atoms with E-state index in [9.17, 15) is 13.2 Å². The largest absolute Gasteiger partial charge is 0.478 e. The summed E-state index contributed by atoms with van der Waals surface area (Å²) >= 11 is 0. The van der Waals surface area contributed by atoms with Gasteiger partial charge in [-0.2, -0.15) is 0 Å². The summed E-state index contributed by atoms with van der Waals surface area (Å²) in [5.41, 5.74) is 2.04. The van der Waals surface area contributed by atoms with Gasteiger partial charge in [-0.25, -0.2) is 8.42 Å². The molecule has 4 rings (SSSR count). The molecule has 2 aromatic carbocycles. The fourth-order valence-corrected chi connectivity index (χ4v) is 4.37. The van der Waals surface area contributed by atoms with Crippen molar-refractivity contribution in [3.63, 3.8) is 0 Å². The summed E-state index contributed by atoms with van der Waals surface area (Å²) in [6.45, 7) is 3.81. The predicted molar refractivity (Wildman–Crippen MR) is 116 cm³/mol. The minimum Gasteiger partial charge on any atom is -0.478 e. The number of hydrogen-bond donors (Lipinski definition) is 0. The third-order valence-electron chi connectivity index (χ3n) is 5.06. The number of benzene rings is 2. The lowest BCUT2D eigenvalue weighted by atomic mass is 10.0. The number of sulfone groups is 1. The number of aryl methyl sites for hydroxylation is 1. The first-order valence-electron chi connectivity index (χ1n) is 9.64. The molecule has 30 heavy (non-hydrogen) atoms. The molecule has 1 atom stereocenters. The number of rotatable bonds is 6. The fourth-order valence-electron chi connectivity index (χ4n) is 3.71. The highest BCUT2D eigenvalue weighted by molar-refractivity contribution is 7.89. The van der Waals surface area contributed by atoms with E-state index in [0.29, 0.717) is 28.7 Å². The Morgan fingerprint density at radius 3 is 2.50 bits per heavy atom. The van der Waals surface area contributed by atoms with Crippen molar-refractivity contribution in [2.24, 2.45) is 0 Å². The molecule has 0 aliphatic carbocycles. The Balaban J connectivity index is 1.99. The van der Waals surface area contributed by atoms with Crippen LogP contribution in [0.25, 0.3) is 21.9 Å². The van der Waals surface area contributed by atoms with Gasteiger partial charge in [0.2, 0.25) is 5.75 Å². The van der Waals surface area contributed by atoms with E-state index in [1.54, 1.807) is 6.07 Å². The molecule has 2 heterocycles. The van der Waals surface area contributed by atoms with Crippen LogP contribution in [-0.2, 0) is 15.6 Å². The highest BCUT2D eigenvalue weighted by Crippen LogP contribution is 2.40. The zero-order valence-corrected chi connectivity index (χ0v) is 17.8. The van der Waals surface area contributed by atoms with Crippen molar-refractivity contribution in [3.8, 4) is 5.75 Å². The van der Waals surface area contributed by atoms with Gasteiger partial charge in [-0.1, -0.05) is 37.3 Å². The van der Waals surface area contributed by atoms with Crippen molar-refractivity contribution in [1.29, 1.82) is 0 Å². The van der Waals surface area contributed by atoms with E-state index in [0.717, 1.165) is 17.2 Å². The predicted octanol–water partition coefficient (Wildman–Crippen LogP) is 4.92. The molecule has 0 radical (unpaired) electrons. The molecule has 0 aliphatic rings. The van der Waals surface area contributed by atoms with Gasteiger partial charge >= 0.3 is 0 Å². The van der Waals surface area contributed by atoms with Gasteiger partial charge in [0.25, 0.3) is 0 Å². The molecule has 2 aromatic heterocycles. The van der Waals surface area contributed by atoms with Crippen molar-refractivity contribution in [2.45, 2.75) is 32.1 Å². The Kier molecular flexibility index (Phi) is 5.15. The Morgan fingerprint density at radius 1 is 1.10 bits per heavy atom. The second-order valence-corrected chi connectivity index (χ2v) is 9.53. The Hall–Kier alpha value is -3.06. The van der Waals surface area contributed by atoms with Gasteiger partial charge in [0, 0.05) is 17.7 Å². The highest BCUT2D eigenvalue weighted by atomic mass is 32.2. The first-order valence-corrected chi connectivity index (χ1v) is 11.7. The molecule has 156 valence electrons. The van der Waals surface area contributed by atoms with Crippen LogP contribution in [0.5, 0.6) is 5.75 Å². The van der Waals surface area contributed by atoms with Crippen molar-refractivity contribution in [2.75, 3.05) is 6.26 Å². The van der Waals surface area contributed by atoms with Crippen LogP contribution in [0.3, 0.4) is 0 Å². The summed E-state index contributed by atoms with van der Waals surface area (Å²) in [5, 5.41) is 1.11. The number of furan rings is 1. The van der Waals surface area contributed by atoms with Crippen LogP contribution in [0.15, 0.2) is 62.4 Å². The van der Waals surface area contributed by atoms with Gasteiger partial charge in [0.05, 0.1) is 11.6 Å². The van der Waals surface area contributed by atoms with Gasteiger partial charge < -0.3 is 13.6 Å². The number of hydrogen-bond acceptors (Lipinski definition) is 6. The standard InChI is InChI=1S/C23H22O6S/c1-4-19(15-8-6-5-7-9-15)29-23-21-17(10-11-27-21)14(2)20-18(24)12-16(28-22(20)23)13-30(3,25)26/h5-12,19H,4,13H2,1-3H3. The lowest BCUT2D eigenvalue weighted by Crippen LogP contribution is -2.11. The lowest BCUT2D eigenvalue weighted by molar-refractivity contribution is 0.201. The quantitative estimate of drug-likeness (QED) is 0.435. The Bertz CT molecular complexity index is 1380. The smallest absolute Gasteiger partial charge is 0.206 e. The van der Waals surface area contributed by atoms with E-state index in [2.05, 4.69) is 0 Å². The monoisotopic (exact) mass is 426 g/mol. The second kappa shape index (κ2) is 7.65. The minimum absolute atomic E-state index is 0.0675. The Morgan fingerprint density at radius 2 is 1.83 bits per heavy atom. The van der Waals surface area contributed by atoms with E-state index >= 15 is 0 Å². The van der Waals surface area contributed by atoms with Crippen molar-refractivity contribution < 1.29 is 22.0 Å². The maximum atomic E-state index is 12.9. The van der Waals surface area contributed by atoms with Gasteiger partial charge in [-0.15, -0.1) is 0 Å². The molecule has 0 aliphatic heterocycles. The lowest BCUT2D eigenvalue weighted by Gasteiger charge is -2.19. The van der Waals surface area contributed by atoms with Crippen LogP contribution in [0, 0.1) is 6.92 Å². The van der Waals surface area contributed by atoms with Crippen LogP contribution in [0.4, 0.5) is 0 Å². The normalized spacial score (nSPS) is 13.0. The van der Waals surface area contributed by atoms with Crippen LogP contribution < -0.4 is 10.2 Å². The van der Waals surface area contributed by atoms with Crippen LogP contribution in [0.2, 0.25) is 0 Å². The molecule has 0 spiro atoms. The molecule has 0 saturated carbocycles. The molecule has 0 N–H and O–H groups in total. The third-order valence-corrected chi connectivity index (χ3v) is 5.87. The number of fused-ring (bicyclic) bond motifs is 2. The molecule has 7 heteroatoms. The van der Waals surface area contributed by atoms with Crippen LogP contribution >= 0.6 is 0 Å². The molecule has 0 bridgehead atoms. The number of ether oxygens (including phenoxy) is 1. The van der Waals surface area contributed by atoms with Gasteiger partial charge in [-0.3, -0.25) is 4.79 Å². The molecule has 4 aromatic rings. The average molecular weight is 426 g/mol. The first-order chi connectivity index (χ1) is 14.3. The fraction of sp³-hybridized carbons (Fsp3) is 0.261. The molecular weight excluding hydrogens is 404 g/mol. The first kappa shape index (κ1) is 20.2. The van der Waals surface area contributed by atoms with E-state index in [-0.39, 0.29) is 28.6 Å². The van der Waals surface area contributed by atoms with E-state index in [1.165, 1.54) is 12.3 Å². The SMILES string of the molecule is CCC(Oc1c2occc2c(C)c2c(=O)cc(CS(C)(=O)=O)oc12)c1ccccc1. The average Bonchev–Trinajstić information content (AvgIpc) is 3.17. The summed E-state index contributed by atoms with van der Waals surface area (Å²) < 4.78 is 41.5. The minimum atomic E-state index is -3.38. The third kappa shape index (κ3) is 3.73. The summed E-state index contributed by atoms with van der Waals surface area (Å²) in [5.74, 6) is -0.000354.